The van der Waals surface area contributed by atoms with E-state index in [1.165, 1.54) is 6.07 Å². The predicted octanol–water partition coefficient (Wildman–Crippen LogP) is 2.37. The minimum Gasteiger partial charge on any atom is -0.206 e. The van der Waals surface area contributed by atoms with Crippen LogP contribution in [0.4, 0.5) is 4.39 Å². The number of hydrogen-bond donors (Lipinski definition) is 0. The molecular weight excluding hydrogens is 270 g/mol. The molecule has 0 aliphatic heterocycles. The van der Waals surface area contributed by atoms with Gasteiger partial charge in [-0.25, -0.2) is 4.39 Å². The molecule has 0 saturated heterocycles. The lowest BCUT2D eigenvalue weighted by Crippen LogP contribution is -1.88. The highest BCUT2D eigenvalue weighted by Gasteiger charge is 2.01. The zero-order valence-electron chi connectivity index (χ0n) is 5.96. The molecule has 2 rings (SSSR count). The summed E-state index contributed by atoms with van der Waals surface area (Å²) in [7, 11) is 0. The number of aromatic nitrogens is 2. The summed E-state index contributed by atoms with van der Waals surface area (Å²) in [6.07, 6.45) is 0. The van der Waals surface area contributed by atoms with Crippen LogP contribution < -0.4 is 0 Å². The third-order valence-corrected chi connectivity index (χ3v) is 2.07. The van der Waals surface area contributed by atoms with Crippen LogP contribution in [0.15, 0.2) is 24.3 Å². The van der Waals surface area contributed by atoms with Gasteiger partial charge in [-0.1, -0.05) is 6.07 Å². The van der Waals surface area contributed by atoms with Crippen molar-refractivity contribution in [3.05, 3.63) is 33.8 Å². The zero-order valence-corrected chi connectivity index (χ0v) is 8.12. The maximum atomic E-state index is 13.1. The van der Waals surface area contributed by atoms with Gasteiger partial charge in [-0.05, 0) is 40.8 Å². The van der Waals surface area contributed by atoms with Crippen molar-refractivity contribution >= 4 is 33.5 Å². The third kappa shape index (κ3) is 1.26. The first-order chi connectivity index (χ1) is 5.77. The molecule has 0 amide bonds. The van der Waals surface area contributed by atoms with Crippen LogP contribution >= 0.6 is 22.6 Å². The third-order valence-electron chi connectivity index (χ3n) is 1.55. The molecule has 0 radical (unpaired) electrons. The molecule has 2 aromatic rings. The fraction of sp³-hybridized carbons (Fsp3) is 0. The monoisotopic (exact) mass is 274 g/mol. The van der Waals surface area contributed by atoms with Crippen LogP contribution in [0.3, 0.4) is 0 Å². The highest BCUT2D eigenvalue weighted by Crippen LogP contribution is 2.15. The Labute approximate surface area is 81.9 Å². The van der Waals surface area contributed by atoms with Crippen LogP contribution in [-0.2, 0) is 0 Å². The Balaban J connectivity index is 2.88. The van der Waals surface area contributed by atoms with Gasteiger partial charge >= 0.3 is 0 Å². The predicted molar refractivity (Wildman–Crippen MR) is 52.2 cm³/mol. The maximum Gasteiger partial charge on any atom is 0.132 e. The van der Waals surface area contributed by atoms with Gasteiger partial charge in [-0.3, -0.25) is 0 Å². The van der Waals surface area contributed by atoms with E-state index in [-0.39, 0.29) is 5.82 Å². The Bertz CT molecular complexity index is 430. The van der Waals surface area contributed by atoms with Crippen molar-refractivity contribution in [3.8, 4) is 0 Å². The van der Waals surface area contributed by atoms with E-state index >= 15 is 0 Å². The Morgan fingerprint density at radius 2 is 2.08 bits per heavy atom. The fourth-order valence-electron chi connectivity index (χ4n) is 1.01. The van der Waals surface area contributed by atoms with Crippen molar-refractivity contribution in [2.24, 2.45) is 0 Å². The lowest BCUT2D eigenvalue weighted by atomic mass is 10.2. The van der Waals surface area contributed by atoms with Gasteiger partial charge in [-0.2, -0.15) is 0 Å². The van der Waals surface area contributed by atoms with Gasteiger partial charge in [0.25, 0.3) is 0 Å². The molecule has 4 heteroatoms. The molecule has 60 valence electrons. The van der Waals surface area contributed by atoms with Crippen molar-refractivity contribution < 1.29 is 4.39 Å². The van der Waals surface area contributed by atoms with Gasteiger partial charge in [0.2, 0.25) is 0 Å². The average molecular weight is 274 g/mol. The van der Waals surface area contributed by atoms with Crippen molar-refractivity contribution in [2.45, 2.75) is 0 Å². The second-order valence-electron chi connectivity index (χ2n) is 2.34. The number of hydrogen-bond acceptors (Lipinski definition) is 2. The van der Waals surface area contributed by atoms with Crippen LogP contribution in [0, 0.1) is 9.52 Å². The van der Waals surface area contributed by atoms with Crippen LogP contribution in [-0.4, -0.2) is 10.2 Å². The van der Waals surface area contributed by atoms with Gasteiger partial charge in [0.15, 0.2) is 0 Å². The van der Waals surface area contributed by atoms with Crippen LogP contribution in [0.1, 0.15) is 0 Å². The molecule has 12 heavy (non-hydrogen) atoms. The molecule has 0 fully saturated rings. The number of rotatable bonds is 0. The smallest absolute Gasteiger partial charge is 0.132 e. The minimum absolute atomic E-state index is 0.250. The summed E-state index contributed by atoms with van der Waals surface area (Å²) in [6, 6.07) is 6.46. The topological polar surface area (TPSA) is 25.8 Å². The molecule has 0 unspecified atom stereocenters. The standard InChI is InChI=1S/C8H4FIN2/c9-6-2-1-3-7-5(6)4-8(10)12-11-7/h1-4H. The summed E-state index contributed by atoms with van der Waals surface area (Å²) in [5.74, 6) is -0.250. The fourth-order valence-corrected chi connectivity index (χ4v) is 1.42. The minimum atomic E-state index is -0.250. The second kappa shape index (κ2) is 2.93. The molecule has 0 saturated carbocycles. The van der Waals surface area contributed by atoms with E-state index in [0.717, 1.165) is 0 Å². The molecule has 1 aromatic heterocycles. The zero-order chi connectivity index (χ0) is 8.55. The summed E-state index contributed by atoms with van der Waals surface area (Å²) in [5, 5.41) is 8.19. The van der Waals surface area contributed by atoms with E-state index < -0.39 is 0 Å². The summed E-state index contributed by atoms with van der Waals surface area (Å²) < 4.78 is 13.8. The molecule has 2 nitrogen and oxygen atoms in total. The number of nitrogens with zero attached hydrogens (tertiary/aromatic N) is 2. The van der Waals surface area contributed by atoms with Gasteiger partial charge < -0.3 is 0 Å². The highest BCUT2D eigenvalue weighted by molar-refractivity contribution is 14.1. The molecule has 0 atom stereocenters. The molecule has 0 aliphatic carbocycles. The highest BCUT2D eigenvalue weighted by atomic mass is 127. The van der Waals surface area contributed by atoms with Crippen LogP contribution in [0.2, 0.25) is 0 Å². The van der Waals surface area contributed by atoms with Crippen molar-refractivity contribution in [1.82, 2.24) is 10.2 Å². The van der Waals surface area contributed by atoms with Gasteiger partial charge in [0.05, 0.1) is 5.52 Å². The first kappa shape index (κ1) is 7.85. The van der Waals surface area contributed by atoms with Gasteiger partial charge in [0.1, 0.15) is 9.52 Å². The van der Waals surface area contributed by atoms with Crippen molar-refractivity contribution in [2.75, 3.05) is 0 Å². The molecule has 1 heterocycles. The molecule has 0 spiro atoms. The molecule has 0 bridgehead atoms. The Morgan fingerprint density at radius 1 is 1.25 bits per heavy atom. The lowest BCUT2D eigenvalue weighted by Gasteiger charge is -1.96. The number of fused-ring (bicyclic) bond motifs is 1. The SMILES string of the molecule is Fc1cccc2nnc(I)cc12. The number of benzene rings is 1. The first-order valence-corrected chi connectivity index (χ1v) is 4.43. The van der Waals surface area contributed by atoms with E-state index in [1.54, 1.807) is 18.2 Å². The number of halogens is 2. The normalized spacial score (nSPS) is 10.5. The van der Waals surface area contributed by atoms with Crippen LogP contribution in [0.25, 0.3) is 10.9 Å². The molecule has 0 N–H and O–H groups in total. The molecular formula is C8H4FIN2. The summed E-state index contributed by atoms with van der Waals surface area (Å²) in [5.41, 5.74) is 0.593. The molecule has 1 aromatic carbocycles. The average Bonchev–Trinajstić information content (AvgIpc) is 2.07. The summed E-state index contributed by atoms with van der Waals surface area (Å²) >= 11 is 2.00. The Morgan fingerprint density at radius 3 is 2.92 bits per heavy atom. The van der Waals surface area contributed by atoms with E-state index in [9.17, 15) is 4.39 Å². The summed E-state index contributed by atoms with van der Waals surface area (Å²) in [4.78, 5) is 0. The van der Waals surface area contributed by atoms with E-state index in [0.29, 0.717) is 14.6 Å². The van der Waals surface area contributed by atoms with Crippen molar-refractivity contribution in [3.63, 3.8) is 0 Å². The first-order valence-electron chi connectivity index (χ1n) is 3.35. The lowest BCUT2D eigenvalue weighted by molar-refractivity contribution is 0.639. The van der Waals surface area contributed by atoms with Gasteiger partial charge in [-0.15, -0.1) is 10.2 Å². The quantitative estimate of drug-likeness (QED) is 0.689. The Hall–Kier alpha value is -0.780. The second-order valence-corrected chi connectivity index (χ2v) is 3.44. The largest absolute Gasteiger partial charge is 0.206 e. The van der Waals surface area contributed by atoms with E-state index in [1.807, 2.05) is 22.6 Å². The van der Waals surface area contributed by atoms with Crippen LogP contribution in [0.5, 0.6) is 0 Å². The van der Waals surface area contributed by atoms with Gasteiger partial charge in [0, 0.05) is 5.39 Å². The molecule has 0 aliphatic rings. The Kier molecular flexibility index (Phi) is 1.92. The van der Waals surface area contributed by atoms with Crippen molar-refractivity contribution in [1.29, 1.82) is 0 Å². The van der Waals surface area contributed by atoms with E-state index in [2.05, 4.69) is 10.2 Å². The van der Waals surface area contributed by atoms with E-state index in [4.69, 9.17) is 0 Å². The summed E-state index contributed by atoms with van der Waals surface area (Å²) in [6.45, 7) is 0. The maximum absolute atomic E-state index is 13.1.